The van der Waals surface area contributed by atoms with Crippen LogP contribution >= 0.6 is 0 Å². The van der Waals surface area contributed by atoms with E-state index in [2.05, 4.69) is 179 Å². The van der Waals surface area contributed by atoms with Crippen LogP contribution in [0.25, 0.3) is 71.7 Å². The summed E-state index contributed by atoms with van der Waals surface area (Å²) in [4.78, 5) is 2.48. The van der Waals surface area contributed by atoms with E-state index in [-0.39, 0.29) is 0 Å². The largest absolute Gasteiger partial charge is 0.456 e. The summed E-state index contributed by atoms with van der Waals surface area (Å²) in [5.41, 5.74) is 14.1. The van der Waals surface area contributed by atoms with Crippen molar-refractivity contribution >= 4 is 55.1 Å². The molecule has 0 saturated heterocycles. The van der Waals surface area contributed by atoms with Gasteiger partial charge in [0.25, 0.3) is 0 Å². The van der Waals surface area contributed by atoms with Crippen LogP contribution in [-0.2, 0) is 0 Å². The summed E-state index contributed by atoms with van der Waals surface area (Å²) in [5.74, 6) is 0.333. The highest BCUT2D eigenvalue weighted by atomic mass is 16.3. The fraction of sp³-hybridized carbons (Fsp3) is 0.0417. The van der Waals surface area contributed by atoms with Gasteiger partial charge in [-0.3, -0.25) is 0 Å². The Kier molecular flexibility index (Phi) is 6.08. The molecule has 1 aliphatic heterocycles. The van der Waals surface area contributed by atoms with E-state index in [0.29, 0.717) is 12.0 Å². The Morgan fingerprint density at radius 2 is 1.10 bits per heavy atom. The number of hydrogen-bond donors (Lipinski definition) is 0. The number of furan rings is 1. The first-order valence-corrected chi connectivity index (χ1v) is 17.7. The summed E-state index contributed by atoms with van der Waals surface area (Å²) >= 11 is 0. The highest BCUT2D eigenvalue weighted by Crippen LogP contribution is 2.49. The summed E-state index contributed by atoms with van der Waals surface area (Å²) in [6.45, 7) is 0. The quantitative estimate of drug-likeness (QED) is 0.189. The van der Waals surface area contributed by atoms with Gasteiger partial charge in [0.05, 0.1) is 17.1 Å². The molecule has 2 unspecified atom stereocenters. The molecule has 0 radical (unpaired) electrons. The van der Waals surface area contributed by atoms with Crippen molar-refractivity contribution < 1.29 is 4.42 Å². The summed E-state index contributed by atoms with van der Waals surface area (Å²) in [6, 6.07) is 57.5. The molecule has 11 rings (SSSR count). The summed E-state index contributed by atoms with van der Waals surface area (Å²) < 4.78 is 8.53. The zero-order valence-corrected chi connectivity index (χ0v) is 27.8. The number of aromatic nitrogens is 1. The lowest BCUT2D eigenvalue weighted by atomic mass is 9.89. The van der Waals surface area contributed by atoms with Gasteiger partial charge in [-0.15, -0.1) is 0 Å². The molecule has 0 amide bonds. The van der Waals surface area contributed by atoms with Gasteiger partial charge in [0.1, 0.15) is 11.2 Å². The molecule has 2 aliphatic rings. The second-order valence-corrected chi connectivity index (χ2v) is 13.7. The third-order valence-electron chi connectivity index (χ3n) is 10.9. The molecule has 240 valence electrons. The lowest BCUT2D eigenvalue weighted by Gasteiger charge is -2.28. The Bertz CT molecular complexity index is 2870. The minimum Gasteiger partial charge on any atom is -0.456 e. The molecule has 0 fully saturated rings. The number of benzene rings is 7. The molecule has 0 saturated carbocycles. The Hall–Kier alpha value is -6.58. The molecule has 2 atom stereocenters. The van der Waals surface area contributed by atoms with Crippen LogP contribution in [0.1, 0.15) is 11.5 Å². The van der Waals surface area contributed by atoms with Gasteiger partial charge >= 0.3 is 0 Å². The first-order chi connectivity index (χ1) is 25.3. The minimum absolute atomic E-state index is 0.291. The SMILES string of the molecule is C1=CC2c3cc(-c4ccc(-c5ccc6c(c5)c5ccccc5n6-c5ccc6oc7ccccc7c6c5)cc4)ccc3N(c3ccccc3)C2C=C1. The zero-order valence-electron chi connectivity index (χ0n) is 27.8. The molecule has 3 heterocycles. The van der Waals surface area contributed by atoms with Crippen molar-refractivity contribution in [2.45, 2.75) is 12.0 Å². The summed E-state index contributed by atoms with van der Waals surface area (Å²) in [6.07, 6.45) is 9.05. The molecule has 3 heteroatoms. The minimum atomic E-state index is 0.291. The number of fused-ring (bicyclic) bond motifs is 9. The zero-order chi connectivity index (χ0) is 33.5. The van der Waals surface area contributed by atoms with Crippen LogP contribution in [-0.4, -0.2) is 10.6 Å². The Labute approximate surface area is 295 Å². The molecule has 0 spiro atoms. The maximum absolute atomic E-state index is 6.15. The van der Waals surface area contributed by atoms with E-state index in [1.807, 2.05) is 12.1 Å². The lowest BCUT2D eigenvalue weighted by Crippen LogP contribution is -2.28. The van der Waals surface area contributed by atoms with Crippen molar-refractivity contribution in [1.82, 2.24) is 4.57 Å². The van der Waals surface area contributed by atoms with E-state index in [1.54, 1.807) is 0 Å². The molecule has 7 aromatic carbocycles. The van der Waals surface area contributed by atoms with E-state index in [9.17, 15) is 0 Å². The van der Waals surface area contributed by atoms with E-state index >= 15 is 0 Å². The van der Waals surface area contributed by atoms with Gasteiger partial charge in [-0.2, -0.15) is 0 Å². The van der Waals surface area contributed by atoms with Gasteiger partial charge in [-0.25, -0.2) is 0 Å². The third-order valence-corrected chi connectivity index (χ3v) is 10.9. The number of para-hydroxylation sites is 3. The van der Waals surface area contributed by atoms with Crippen LogP contribution < -0.4 is 4.90 Å². The van der Waals surface area contributed by atoms with E-state index in [0.717, 1.165) is 27.6 Å². The van der Waals surface area contributed by atoms with Gasteiger partial charge < -0.3 is 13.9 Å². The highest BCUT2D eigenvalue weighted by molar-refractivity contribution is 6.11. The first kappa shape index (κ1) is 28.3. The van der Waals surface area contributed by atoms with Gasteiger partial charge in [0, 0.05) is 44.5 Å². The first-order valence-electron chi connectivity index (χ1n) is 17.7. The van der Waals surface area contributed by atoms with E-state index in [1.165, 1.54) is 61.0 Å². The van der Waals surface area contributed by atoms with Crippen molar-refractivity contribution in [3.8, 4) is 27.9 Å². The smallest absolute Gasteiger partial charge is 0.135 e. The van der Waals surface area contributed by atoms with E-state index in [4.69, 9.17) is 4.42 Å². The Balaban J connectivity index is 0.966. The van der Waals surface area contributed by atoms with Crippen molar-refractivity contribution in [2.75, 3.05) is 4.90 Å². The maximum Gasteiger partial charge on any atom is 0.135 e. The lowest BCUT2D eigenvalue weighted by molar-refractivity contribution is 0.669. The summed E-state index contributed by atoms with van der Waals surface area (Å²) in [5, 5.41) is 4.77. The Morgan fingerprint density at radius 3 is 1.96 bits per heavy atom. The normalized spacial score (nSPS) is 16.4. The van der Waals surface area contributed by atoms with E-state index < -0.39 is 0 Å². The highest BCUT2D eigenvalue weighted by Gasteiger charge is 2.37. The summed E-state index contributed by atoms with van der Waals surface area (Å²) in [7, 11) is 0. The van der Waals surface area contributed by atoms with Crippen LogP contribution in [0, 0.1) is 0 Å². The average molecular weight is 653 g/mol. The molecule has 51 heavy (non-hydrogen) atoms. The second-order valence-electron chi connectivity index (χ2n) is 13.7. The van der Waals surface area contributed by atoms with Crippen LogP contribution in [0.15, 0.2) is 186 Å². The second kappa shape index (κ2) is 11.0. The molecular weight excluding hydrogens is 621 g/mol. The third kappa shape index (κ3) is 4.31. The number of hydrogen-bond acceptors (Lipinski definition) is 2. The standard InChI is InChI=1S/C48H32N2O/c1-2-10-35(11-3-1)49-43-15-7-4-12-37(43)40-28-33(22-25-45(40)49)31-18-20-32(21-19-31)34-23-26-46-41(29-34)38-13-5-8-16-44(38)50(46)36-24-27-48-42(30-36)39-14-6-9-17-47(39)51-48/h1-30,37,43H. The van der Waals surface area contributed by atoms with Crippen LogP contribution in [0.3, 0.4) is 0 Å². The van der Waals surface area contributed by atoms with Crippen molar-refractivity contribution in [1.29, 1.82) is 0 Å². The van der Waals surface area contributed by atoms with Crippen LogP contribution in [0.4, 0.5) is 11.4 Å². The molecule has 0 bridgehead atoms. The fourth-order valence-electron chi connectivity index (χ4n) is 8.55. The molecule has 3 nitrogen and oxygen atoms in total. The van der Waals surface area contributed by atoms with Gasteiger partial charge in [0.15, 0.2) is 0 Å². The van der Waals surface area contributed by atoms with Crippen molar-refractivity contribution in [2.24, 2.45) is 0 Å². The molecule has 0 N–H and O–H groups in total. The molecular formula is C48H32N2O. The van der Waals surface area contributed by atoms with Crippen LogP contribution in [0.5, 0.6) is 0 Å². The molecule has 1 aliphatic carbocycles. The topological polar surface area (TPSA) is 21.3 Å². The van der Waals surface area contributed by atoms with Crippen LogP contribution in [0.2, 0.25) is 0 Å². The van der Waals surface area contributed by atoms with Gasteiger partial charge in [-0.1, -0.05) is 115 Å². The average Bonchev–Trinajstić information content (AvgIpc) is 3.85. The number of nitrogens with zero attached hydrogens (tertiary/aromatic N) is 2. The number of anilines is 2. The van der Waals surface area contributed by atoms with Gasteiger partial charge in [0.2, 0.25) is 0 Å². The monoisotopic (exact) mass is 652 g/mol. The van der Waals surface area contributed by atoms with Gasteiger partial charge in [-0.05, 0) is 94.5 Å². The Morgan fingerprint density at radius 1 is 0.431 bits per heavy atom. The predicted molar refractivity (Wildman–Crippen MR) is 212 cm³/mol. The molecule has 9 aromatic rings. The van der Waals surface area contributed by atoms with Crippen molar-refractivity contribution in [3.63, 3.8) is 0 Å². The predicted octanol–water partition coefficient (Wildman–Crippen LogP) is 12.7. The maximum atomic E-state index is 6.15. The molecule has 2 aromatic heterocycles. The number of allylic oxidation sites excluding steroid dienone is 2. The number of rotatable bonds is 4. The van der Waals surface area contributed by atoms with Crippen molar-refractivity contribution in [3.05, 3.63) is 188 Å². The fourth-order valence-corrected chi connectivity index (χ4v) is 8.55.